The predicted molar refractivity (Wildman–Crippen MR) is 146 cm³/mol. The summed E-state index contributed by atoms with van der Waals surface area (Å²) in [6.07, 6.45) is 1.51. The SMILES string of the molecule is CCOc1cc(/C=C2/C(=O)NC(=S)N(c3cccc(Br)c3)C2=O)cc(Br)c1OCc1ccccc1. The van der Waals surface area contributed by atoms with Gasteiger partial charge in [0.05, 0.1) is 16.8 Å². The van der Waals surface area contributed by atoms with Gasteiger partial charge in [0, 0.05) is 4.47 Å². The van der Waals surface area contributed by atoms with Crippen LogP contribution in [-0.2, 0) is 16.2 Å². The summed E-state index contributed by atoms with van der Waals surface area (Å²) in [4.78, 5) is 27.3. The number of amides is 2. The fraction of sp³-hybridized carbons (Fsp3) is 0.115. The van der Waals surface area contributed by atoms with E-state index in [2.05, 4.69) is 37.2 Å². The maximum atomic E-state index is 13.3. The Labute approximate surface area is 225 Å². The topological polar surface area (TPSA) is 67.9 Å². The van der Waals surface area contributed by atoms with E-state index in [4.69, 9.17) is 21.7 Å². The molecule has 0 spiro atoms. The number of hydrogen-bond donors (Lipinski definition) is 1. The fourth-order valence-corrected chi connectivity index (χ4v) is 4.72. The van der Waals surface area contributed by atoms with Gasteiger partial charge in [0.2, 0.25) is 0 Å². The molecule has 6 nitrogen and oxygen atoms in total. The first-order valence-electron chi connectivity index (χ1n) is 10.7. The Bertz CT molecular complexity index is 1330. The van der Waals surface area contributed by atoms with Crippen LogP contribution in [0.1, 0.15) is 18.1 Å². The van der Waals surface area contributed by atoms with Crippen LogP contribution in [0, 0.1) is 0 Å². The molecule has 35 heavy (non-hydrogen) atoms. The lowest BCUT2D eigenvalue weighted by Crippen LogP contribution is -2.54. The molecule has 1 heterocycles. The molecule has 1 N–H and O–H groups in total. The number of halogens is 2. The smallest absolute Gasteiger partial charge is 0.270 e. The highest BCUT2D eigenvalue weighted by Crippen LogP contribution is 2.38. The van der Waals surface area contributed by atoms with Crippen LogP contribution in [0.2, 0.25) is 0 Å². The van der Waals surface area contributed by atoms with Crippen molar-refractivity contribution in [2.75, 3.05) is 11.5 Å². The Hall–Kier alpha value is -3.01. The van der Waals surface area contributed by atoms with Crippen LogP contribution in [0.4, 0.5) is 5.69 Å². The Kier molecular flexibility index (Phi) is 8.00. The number of ether oxygens (including phenoxy) is 2. The monoisotopic (exact) mass is 614 g/mol. The second-order valence-electron chi connectivity index (χ2n) is 7.47. The van der Waals surface area contributed by atoms with E-state index in [1.54, 1.807) is 30.3 Å². The van der Waals surface area contributed by atoms with E-state index in [1.807, 2.05) is 43.3 Å². The van der Waals surface area contributed by atoms with Crippen molar-refractivity contribution >= 4 is 72.8 Å². The third kappa shape index (κ3) is 5.80. The second-order valence-corrected chi connectivity index (χ2v) is 9.63. The van der Waals surface area contributed by atoms with Gasteiger partial charge in [-0.2, -0.15) is 0 Å². The highest BCUT2D eigenvalue weighted by molar-refractivity contribution is 9.10. The first-order valence-corrected chi connectivity index (χ1v) is 12.7. The maximum Gasteiger partial charge on any atom is 0.270 e. The van der Waals surface area contributed by atoms with E-state index in [0.717, 1.165) is 10.0 Å². The van der Waals surface area contributed by atoms with Crippen molar-refractivity contribution in [1.29, 1.82) is 0 Å². The molecule has 0 atom stereocenters. The molecule has 1 fully saturated rings. The second kappa shape index (κ2) is 11.2. The molecule has 1 aliphatic rings. The average molecular weight is 616 g/mol. The van der Waals surface area contributed by atoms with Crippen LogP contribution in [-0.4, -0.2) is 23.5 Å². The molecule has 3 aromatic rings. The van der Waals surface area contributed by atoms with E-state index < -0.39 is 11.8 Å². The Balaban J connectivity index is 1.67. The third-order valence-electron chi connectivity index (χ3n) is 5.04. The van der Waals surface area contributed by atoms with Gasteiger partial charge >= 0.3 is 0 Å². The number of anilines is 1. The highest BCUT2D eigenvalue weighted by Gasteiger charge is 2.34. The minimum absolute atomic E-state index is 0.0242. The van der Waals surface area contributed by atoms with E-state index in [0.29, 0.717) is 40.4 Å². The highest BCUT2D eigenvalue weighted by atomic mass is 79.9. The normalized spacial score (nSPS) is 14.8. The molecular weight excluding hydrogens is 596 g/mol. The fourth-order valence-electron chi connectivity index (χ4n) is 3.48. The van der Waals surface area contributed by atoms with Crippen molar-refractivity contribution in [3.8, 4) is 11.5 Å². The number of nitrogens with zero attached hydrogens (tertiary/aromatic N) is 1. The van der Waals surface area contributed by atoms with Crippen molar-refractivity contribution in [1.82, 2.24) is 5.32 Å². The van der Waals surface area contributed by atoms with Crippen LogP contribution in [0.3, 0.4) is 0 Å². The molecule has 0 saturated carbocycles. The molecule has 1 aliphatic heterocycles. The van der Waals surface area contributed by atoms with Crippen LogP contribution in [0.15, 0.2) is 81.2 Å². The van der Waals surface area contributed by atoms with Crippen LogP contribution in [0.25, 0.3) is 6.08 Å². The lowest BCUT2D eigenvalue weighted by atomic mass is 10.1. The van der Waals surface area contributed by atoms with E-state index in [1.165, 1.54) is 11.0 Å². The molecule has 1 saturated heterocycles. The van der Waals surface area contributed by atoms with Gasteiger partial charge in [0.25, 0.3) is 11.8 Å². The Morgan fingerprint density at radius 3 is 2.49 bits per heavy atom. The Morgan fingerprint density at radius 2 is 1.77 bits per heavy atom. The van der Waals surface area contributed by atoms with Crippen molar-refractivity contribution < 1.29 is 19.1 Å². The van der Waals surface area contributed by atoms with Gasteiger partial charge in [-0.3, -0.25) is 19.8 Å². The number of thiocarbonyl (C=S) groups is 1. The van der Waals surface area contributed by atoms with Crippen molar-refractivity contribution in [3.63, 3.8) is 0 Å². The molecule has 4 rings (SSSR count). The summed E-state index contributed by atoms with van der Waals surface area (Å²) in [6, 6.07) is 20.4. The van der Waals surface area contributed by atoms with Gasteiger partial charge in [0.1, 0.15) is 12.2 Å². The molecule has 3 aromatic carbocycles. The van der Waals surface area contributed by atoms with Gasteiger partial charge in [-0.1, -0.05) is 52.3 Å². The summed E-state index contributed by atoms with van der Waals surface area (Å²) in [5.74, 6) is -0.0537. The van der Waals surface area contributed by atoms with E-state index in [9.17, 15) is 9.59 Å². The van der Waals surface area contributed by atoms with Gasteiger partial charge in [0.15, 0.2) is 16.6 Å². The van der Waals surface area contributed by atoms with Crippen molar-refractivity contribution in [2.24, 2.45) is 0 Å². The quantitative estimate of drug-likeness (QED) is 0.200. The third-order valence-corrected chi connectivity index (χ3v) is 6.40. The first kappa shape index (κ1) is 25.1. The summed E-state index contributed by atoms with van der Waals surface area (Å²) >= 11 is 12.2. The number of benzene rings is 3. The molecule has 178 valence electrons. The molecule has 0 unspecified atom stereocenters. The molecule has 9 heteroatoms. The molecule has 0 aromatic heterocycles. The summed E-state index contributed by atoms with van der Waals surface area (Å²) < 4.78 is 13.2. The van der Waals surface area contributed by atoms with Gasteiger partial charge < -0.3 is 9.47 Å². The zero-order chi connectivity index (χ0) is 24.9. The van der Waals surface area contributed by atoms with Gasteiger partial charge in [-0.25, -0.2) is 0 Å². The molecule has 0 bridgehead atoms. The summed E-state index contributed by atoms with van der Waals surface area (Å²) in [5.41, 5.74) is 2.10. The van der Waals surface area contributed by atoms with Gasteiger partial charge in [-0.15, -0.1) is 0 Å². The average Bonchev–Trinajstić information content (AvgIpc) is 2.82. The maximum absolute atomic E-state index is 13.3. The standard InChI is InChI=1S/C26H20Br2N2O4S/c1-2-33-22-13-17(12-21(28)23(22)34-15-16-7-4-3-5-8-16)11-20-24(31)29-26(35)30(25(20)32)19-10-6-9-18(27)14-19/h3-14H,2,15H2,1H3,(H,29,31,35)/b20-11-. The van der Waals surface area contributed by atoms with Crippen LogP contribution in [0.5, 0.6) is 11.5 Å². The minimum Gasteiger partial charge on any atom is -0.490 e. The lowest BCUT2D eigenvalue weighted by molar-refractivity contribution is -0.122. The molecule has 0 aliphatic carbocycles. The van der Waals surface area contributed by atoms with E-state index >= 15 is 0 Å². The number of hydrogen-bond acceptors (Lipinski definition) is 5. The first-order chi connectivity index (χ1) is 16.9. The number of rotatable bonds is 7. The number of carbonyl (C=O) groups excluding carboxylic acids is 2. The Morgan fingerprint density at radius 1 is 1.00 bits per heavy atom. The molecular formula is C26H20Br2N2O4S. The summed E-state index contributed by atoms with van der Waals surface area (Å²) in [6.45, 7) is 2.65. The lowest BCUT2D eigenvalue weighted by Gasteiger charge is -2.29. The summed E-state index contributed by atoms with van der Waals surface area (Å²) in [5, 5.41) is 2.62. The van der Waals surface area contributed by atoms with Crippen molar-refractivity contribution in [3.05, 3.63) is 92.4 Å². The molecule has 2 amide bonds. The van der Waals surface area contributed by atoms with Crippen molar-refractivity contribution in [2.45, 2.75) is 13.5 Å². The summed E-state index contributed by atoms with van der Waals surface area (Å²) in [7, 11) is 0. The number of carbonyl (C=O) groups is 2. The van der Waals surface area contributed by atoms with Gasteiger partial charge in [-0.05, 0) is 82.6 Å². The zero-order valence-electron chi connectivity index (χ0n) is 18.6. The largest absolute Gasteiger partial charge is 0.490 e. The zero-order valence-corrected chi connectivity index (χ0v) is 22.6. The van der Waals surface area contributed by atoms with Crippen LogP contribution >= 0.6 is 44.1 Å². The minimum atomic E-state index is -0.565. The van der Waals surface area contributed by atoms with Crippen LogP contribution < -0.4 is 19.7 Å². The number of nitrogens with one attached hydrogen (secondary N) is 1. The predicted octanol–water partition coefficient (Wildman–Crippen LogP) is 6.02. The molecule has 0 radical (unpaired) electrons. The van der Waals surface area contributed by atoms with E-state index in [-0.39, 0.29) is 10.7 Å².